The van der Waals surface area contributed by atoms with Crippen LogP contribution in [0.15, 0.2) is 54.2 Å². The molecular formula is C24H25N5OS. The Hall–Kier alpha value is -3.19. The fourth-order valence-electron chi connectivity index (χ4n) is 4.35. The Morgan fingerprint density at radius 1 is 1.03 bits per heavy atom. The molecule has 1 saturated heterocycles. The molecule has 7 heteroatoms. The summed E-state index contributed by atoms with van der Waals surface area (Å²) in [5.74, 6) is 1.09. The number of anilines is 1. The Morgan fingerprint density at radius 2 is 1.81 bits per heavy atom. The van der Waals surface area contributed by atoms with Crippen molar-refractivity contribution in [2.24, 2.45) is 0 Å². The van der Waals surface area contributed by atoms with Crippen molar-refractivity contribution in [2.45, 2.75) is 20.4 Å². The summed E-state index contributed by atoms with van der Waals surface area (Å²) in [6.45, 7) is 7.84. The first-order chi connectivity index (χ1) is 15.1. The van der Waals surface area contributed by atoms with E-state index in [1.165, 1.54) is 5.56 Å². The third-order valence-electron chi connectivity index (χ3n) is 6.09. The topological polar surface area (TPSA) is 54.3 Å². The molecule has 1 fully saturated rings. The fraction of sp³-hybridized carbons (Fsp3) is 0.292. The van der Waals surface area contributed by atoms with Gasteiger partial charge >= 0.3 is 0 Å². The van der Waals surface area contributed by atoms with Gasteiger partial charge < -0.3 is 14.4 Å². The van der Waals surface area contributed by atoms with Crippen molar-refractivity contribution >= 4 is 33.3 Å². The maximum atomic E-state index is 13.3. The van der Waals surface area contributed by atoms with Crippen LogP contribution in [-0.2, 0) is 6.54 Å². The lowest BCUT2D eigenvalue weighted by Crippen LogP contribution is -2.49. The average molecular weight is 432 g/mol. The van der Waals surface area contributed by atoms with Crippen molar-refractivity contribution in [3.8, 4) is 0 Å². The van der Waals surface area contributed by atoms with Gasteiger partial charge in [-0.25, -0.2) is 9.97 Å². The quantitative estimate of drug-likeness (QED) is 0.488. The molecule has 1 amide bonds. The van der Waals surface area contributed by atoms with E-state index in [1.807, 2.05) is 29.3 Å². The van der Waals surface area contributed by atoms with Crippen molar-refractivity contribution in [1.29, 1.82) is 0 Å². The minimum Gasteiger partial charge on any atom is -0.352 e. The molecule has 4 aromatic rings. The van der Waals surface area contributed by atoms with E-state index in [2.05, 4.69) is 56.7 Å². The van der Waals surface area contributed by atoms with Gasteiger partial charge in [0.15, 0.2) is 0 Å². The standard InChI is InChI=1S/C24H25N5OS/c1-17-14-21(18(2)29(17)15-19-6-4-3-5-7-19)24(30)28-11-9-27(10-12-28)22-20-8-13-31-23(20)26-16-25-22/h3-8,13-14,16H,9-12,15H2,1-2H3. The zero-order valence-corrected chi connectivity index (χ0v) is 18.6. The number of rotatable bonds is 4. The second-order valence-corrected chi connectivity index (χ2v) is 8.87. The zero-order chi connectivity index (χ0) is 21.4. The number of aryl methyl sites for hydroxylation is 1. The molecule has 1 aromatic carbocycles. The Morgan fingerprint density at radius 3 is 2.58 bits per heavy atom. The molecular weight excluding hydrogens is 406 g/mol. The highest BCUT2D eigenvalue weighted by Crippen LogP contribution is 2.28. The largest absolute Gasteiger partial charge is 0.352 e. The Labute approximate surface area is 185 Å². The van der Waals surface area contributed by atoms with Crippen LogP contribution in [0.3, 0.4) is 0 Å². The van der Waals surface area contributed by atoms with Crippen LogP contribution < -0.4 is 4.90 Å². The van der Waals surface area contributed by atoms with Gasteiger partial charge in [-0.05, 0) is 36.9 Å². The van der Waals surface area contributed by atoms with Gasteiger partial charge in [0.05, 0.1) is 10.9 Å². The molecule has 0 radical (unpaired) electrons. The van der Waals surface area contributed by atoms with E-state index in [-0.39, 0.29) is 5.91 Å². The van der Waals surface area contributed by atoms with E-state index < -0.39 is 0 Å². The number of fused-ring (bicyclic) bond motifs is 1. The molecule has 1 aliphatic rings. The Kier molecular flexibility index (Phi) is 5.19. The monoisotopic (exact) mass is 431 g/mol. The molecule has 0 saturated carbocycles. The Balaban J connectivity index is 1.31. The van der Waals surface area contributed by atoms with E-state index in [1.54, 1.807) is 17.7 Å². The van der Waals surface area contributed by atoms with Crippen molar-refractivity contribution in [2.75, 3.05) is 31.1 Å². The van der Waals surface area contributed by atoms with Gasteiger partial charge in [-0.2, -0.15) is 0 Å². The molecule has 1 aliphatic heterocycles. The summed E-state index contributed by atoms with van der Waals surface area (Å²) in [6, 6.07) is 14.5. The highest BCUT2D eigenvalue weighted by Gasteiger charge is 2.26. The molecule has 0 atom stereocenters. The van der Waals surface area contributed by atoms with Crippen LogP contribution in [0.4, 0.5) is 5.82 Å². The van der Waals surface area contributed by atoms with Crippen LogP contribution in [-0.4, -0.2) is 51.5 Å². The average Bonchev–Trinajstić information content (AvgIpc) is 3.39. The molecule has 0 N–H and O–H groups in total. The van der Waals surface area contributed by atoms with Crippen LogP contribution in [0.1, 0.15) is 27.3 Å². The minimum absolute atomic E-state index is 0.121. The maximum Gasteiger partial charge on any atom is 0.255 e. The van der Waals surface area contributed by atoms with Gasteiger partial charge in [0.1, 0.15) is 17.0 Å². The number of hydrogen-bond acceptors (Lipinski definition) is 5. The van der Waals surface area contributed by atoms with Gasteiger partial charge in [0.25, 0.3) is 5.91 Å². The first-order valence-electron chi connectivity index (χ1n) is 10.5. The number of nitrogens with zero attached hydrogens (tertiary/aromatic N) is 5. The summed E-state index contributed by atoms with van der Waals surface area (Å²) in [4.78, 5) is 27.4. The molecule has 6 nitrogen and oxygen atoms in total. The smallest absolute Gasteiger partial charge is 0.255 e. The SMILES string of the molecule is Cc1cc(C(=O)N2CCN(c3ncnc4sccc34)CC2)c(C)n1Cc1ccccc1. The summed E-state index contributed by atoms with van der Waals surface area (Å²) in [6.07, 6.45) is 1.63. The zero-order valence-electron chi connectivity index (χ0n) is 17.8. The third-order valence-corrected chi connectivity index (χ3v) is 6.92. The highest BCUT2D eigenvalue weighted by molar-refractivity contribution is 7.16. The summed E-state index contributed by atoms with van der Waals surface area (Å²) >= 11 is 1.63. The third kappa shape index (κ3) is 3.70. The van der Waals surface area contributed by atoms with Crippen LogP contribution in [0.2, 0.25) is 0 Å². The summed E-state index contributed by atoms with van der Waals surface area (Å²) < 4.78 is 2.23. The van der Waals surface area contributed by atoms with Crippen LogP contribution in [0.5, 0.6) is 0 Å². The van der Waals surface area contributed by atoms with Crippen LogP contribution in [0, 0.1) is 13.8 Å². The van der Waals surface area contributed by atoms with Gasteiger partial charge in [-0.15, -0.1) is 11.3 Å². The number of piperazine rings is 1. The predicted molar refractivity (Wildman–Crippen MR) is 125 cm³/mol. The number of hydrogen-bond donors (Lipinski definition) is 0. The number of carbonyl (C=O) groups excluding carboxylic acids is 1. The number of benzene rings is 1. The lowest BCUT2D eigenvalue weighted by Gasteiger charge is -2.35. The molecule has 158 valence electrons. The first-order valence-corrected chi connectivity index (χ1v) is 11.4. The van der Waals surface area contributed by atoms with Crippen molar-refractivity contribution in [3.05, 3.63) is 76.7 Å². The number of amides is 1. The molecule has 3 aromatic heterocycles. The van der Waals surface area contributed by atoms with Gasteiger partial charge in [-0.1, -0.05) is 30.3 Å². The highest BCUT2D eigenvalue weighted by atomic mass is 32.1. The Bertz CT molecular complexity index is 1220. The summed E-state index contributed by atoms with van der Waals surface area (Å²) in [5.41, 5.74) is 4.19. The van der Waals surface area contributed by atoms with Gasteiger partial charge in [-0.3, -0.25) is 4.79 Å². The number of thiophene rings is 1. The van der Waals surface area contributed by atoms with E-state index in [0.29, 0.717) is 13.1 Å². The van der Waals surface area contributed by atoms with Crippen LogP contribution >= 0.6 is 11.3 Å². The molecule has 4 heterocycles. The normalized spacial score (nSPS) is 14.4. The van der Waals surface area contributed by atoms with Gasteiger partial charge in [0, 0.05) is 44.1 Å². The van der Waals surface area contributed by atoms with E-state index in [0.717, 1.165) is 52.6 Å². The molecule has 0 bridgehead atoms. The van der Waals surface area contributed by atoms with E-state index in [9.17, 15) is 4.79 Å². The molecule has 31 heavy (non-hydrogen) atoms. The molecule has 0 aliphatic carbocycles. The molecule has 5 rings (SSSR count). The predicted octanol–water partition coefficient (Wildman–Crippen LogP) is 4.12. The van der Waals surface area contributed by atoms with Crippen molar-refractivity contribution in [1.82, 2.24) is 19.4 Å². The van der Waals surface area contributed by atoms with Crippen molar-refractivity contribution in [3.63, 3.8) is 0 Å². The van der Waals surface area contributed by atoms with E-state index >= 15 is 0 Å². The fourth-order valence-corrected chi connectivity index (χ4v) is 5.07. The van der Waals surface area contributed by atoms with Crippen LogP contribution in [0.25, 0.3) is 10.2 Å². The summed E-state index contributed by atoms with van der Waals surface area (Å²) in [5, 5.41) is 3.14. The second kappa shape index (κ2) is 8.15. The number of aromatic nitrogens is 3. The van der Waals surface area contributed by atoms with Gasteiger partial charge in [0.2, 0.25) is 0 Å². The number of carbonyl (C=O) groups is 1. The first kappa shape index (κ1) is 19.8. The van der Waals surface area contributed by atoms with Crippen molar-refractivity contribution < 1.29 is 4.79 Å². The lowest BCUT2D eigenvalue weighted by molar-refractivity contribution is 0.0745. The molecule has 0 unspecified atom stereocenters. The lowest BCUT2D eigenvalue weighted by atomic mass is 10.2. The summed E-state index contributed by atoms with van der Waals surface area (Å²) in [7, 11) is 0. The molecule has 0 spiro atoms. The van der Waals surface area contributed by atoms with E-state index in [4.69, 9.17) is 0 Å². The maximum absolute atomic E-state index is 13.3. The second-order valence-electron chi connectivity index (χ2n) is 7.97. The minimum atomic E-state index is 0.121.